The van der Waals surface area contributed by atoms with Gasteiger partial charge in [-0.05, 0) is 112 Å². The van der Waals surface area contributed by atoms with Gasteiger partial charge in [0.05, 0.1) is 28.6 Å². The summed E-state index contributed by atoms with van der Waals surface area (Å²) in [6.07, 6.45) is 8.14. The van der Waals surface area contributed by atoms with E-state index in [9.17, 15) is 10.2 Å². The molecule has 0 amide bonds. The number of anilines is 1. The molecule has 2 aromatic carbocycles. The second-order valence-electron chi connectivity index (χ2n) is 14.2. The molecule has 47 heavy (non-hydrogen) atoms. The summed E-state index contributed by atoms with van der Waals surface area (Å²) in [5, 5.41) is 23.0. The fourth-order valence-electron chi connectivity index (χ4n) is 8.47. The van der Waals surface area contributed by atoms with Crippen molar-refractivity contribution in [3.8, 4) is 11.8 Å². The van der Waals surface area contributed by atoms with Crippen LogP contribution in [-0.4, -0.2) is 81.3 Å². The minimum atomic E-state index is -0.440. The van der Waals surface area contributed by atoms with E-state index in [-0.39, 0.29) is 23.1 Å². The number of allylic oxidation sites excluding steroid dienone is 3. The summed E-state index contributed by atoms with van der Waals surface area (Å²) in [6, 6.07) is 6.87. The van der Waals surface area contributed by atoms with E-state index < -0.39 is 6.10 Å². The first-order valence-electron chi connectivity index (χ1n) is 17.2. The van der Waals surface area contributed by atoms with Gasteiger partial charge in [0.1, 0.15) is 24.0 Å². The van der Waals surface area contributed by atoms with E-state index in [0.29, 0.717) is 61.3 Å². The summed E-state index contributed by atoms with van der Waals surface area (Å²) in [6.45, 7) is 14.2. The average Bonchev–Trinajstić information content (AvgIpc) is 3.72. The molecule has 2 N–H and O–H groups in total. The number of phenols is 1. The Morgan fingerprint density at radius 1 is 1.19 bits per heavy atom. The van der Waals surface area contributed by atoms with Gasteiger partial charge in [-0.1, -0.05) is 26.0 Å². The molecule has 3 fully saturated rings. The van der Waals surface area contributed by atoms with Gasteiger partial charge in [-0.2, -0.15) is 9.97 Å². The lowest BCUT2D eigenvalue weighted by Gasteiger charge is -2.32. The maximum absolute atomic E-state index is 15.3. The van der Waals surface area contributed by atoms with Crippen LogP contribution in [-0.2, 0) is 6.42 Å². The average molecular weight is 640 g/mol. The molecule has 8 nitrogen and oxygen atoms in total. The lowest BCUT2D eigenvalue weighted by Crippen LogP contribution is -2.43. The van der Waals surface area contributed by atoms with E-state index in [1.165, 1.54) is 12.5 Å². The van der Waals surface area contributed by atoms with E-state index in [2.05, 4.69) is 16.7 Å². The predicted octanol–water partition coefficient (Wildman–Crippen LogP) is 6.67. The molecule has 3 atom stereocenters. The molecule has 0 bridgehead atoms. The zero-order valence-corrected chi connectivity index (χ0v) is 28.2. The van der Waals surface area contributed by atoms with Crippen molar-refractivity contribution in [3.63, 3.8) is 0 Å². The lowest BCUT2D eigenvalue weighted by atomic mass is 9.82. The zero-order chi connectivity index (χ0) is 33.0. The summed E-state index contributed by atoms with van der Waals surface area (Å²) >= 11 is 0. The minimum Gasteiger partial charge on any atom is -0.508 e. The van der Waals surface area contributed by atoms with Crippen LogP contribution in [0.15, 0.2) is 35.3 Å². The van der Waals surface area contributed by atoms with Crippen LogP contribution in [0.1, 0.15) is 82.7 Å². The Morgan fingerprint density at radius 3 is 2.74 bits per heavy atom. The minimum absolute atomic E-state index is 0.0103. The number of ether oxygens (including phenoxy) is 1. The molecule has 3 saturated heterocycles. The van der Waals surface area contributed by atoms with Crippen LogP contribution >= 0.6 is 0 Å². The van der Waals surface area contributed by atoms with Gasteiger partial charge in [-0.25, -0.2) is 4.39 Å². The van der Waals surface area contributed by atoms with Crippen LogP contribution < -0.4 is 9.64 Å². The third kappa shape index (κ3) is 5.61. The van der Waals surface area contributed by atoms with Gasteiger partial charge >= 0.3 is 6.01 Å². The maximum Gasteiger partial charge on any atom is 0.319 e. The van der Waals surface area contributed by atoms with Crippen molar-refractivity contribution >= 4 is 39.5 Å². The first-order valence-corrected chi connectivity index (χ1v) is 17.2. The number of halogens is 1. The second kappa shape index (κ2) is 12.3. The smallest absolute Gasteiger partial charge is 0.319 e. The number of hydrogen-bond acceptors (Lipinski definition) is 8. The fraction of sp³-hybridized carbons (Fsp3) is 0.500. The molecule has 4 aliphatic rings. The van der Waals surface area contributed by atoms with Crippen molar-refractivity contribution in [1.82, 2.24) is 14.9 Å². The van der Waals surface area contributed by atoms with Crippen molar-refractivity contribution < 1.29 is 19.3 Å². The van der Waals surface area contributed by atoms with Gasteiger partial charge in [0.25, 0.3) is 0 Å². The standard InChI is InChI=1S/C38H46FN5O3/c1-6-27-31(39)10-9-24-15-26(46)16-29(33(24)27)30-17-32-34(28(7-2)35(30)40-22(3)4)36(43-14-11-25(45)20-43)42-37(41-32)47-21-38-12-8-13-44(38)19-23(5)18-38/h7,9-10,15-17,22-23,25,45-46H,6,8,11-14,18-21H2,1-5H3/b28-7-,40-35?. The number of benzene rings is 2. The first kappa shape index (κ1) is 31.8. The van der Waals surface area contributed by atoms with Crippen molar-refractivity contribution in [1.29, 1.82) is 0 Å². The largest absolute Gasteiger partial charge is 0.508 e. The van der Waals surface area contributed by atoms with Crippen LogP contribution in [0, 0.1) is 11.7 Å². The number of aliphatic hydroxyl groups excluding tert-OH is 1. The van der Waals surface area contributed by atoms with Gasteiger partial charge in [-0.15, -0.1) is 0 Å². The van der Waals surface area contributed by atoms with Gasteiger partial charge < -0.3 is 19.8 Å². The van der Waals surface area contributed by atoms with E-state index in [0.717, 1.165) is 64.9 Å². The Hall–Kier alpha value is -3.82. The van der Waals surface area contributed by atoms with E-state index >= 15 is 4.39 Å². The molecule has 1 aliphatic carbocycles. The van der Waals surface area contributed by atoms with E-state index in [1.807, 2.05) is 39.8 Å². The normalized spacial score (nSPS) is 26.1. The summed E-state index contributed by atoms with van der Waals surface area (Å²) in [5.41, 5.74) is 5.22. The number of rotatable bonds is 7. The van der Waals surface area contributed by atoms with Crippen LogP contribution in [0.4, 0.5) is 10.2 Å². The molecule has 0 saturated carbocycles. The summed E-state index contributed by atoms with van der Waals surface area (Å²) in [5.74, 6) is 1.18. The molecule has 9 heteroatoms. The highest BCUT2D eigenvalue weighted by Gasteiger charge is 2.48. The highest BCUT2D eigenvalue weighted by atomic mass is 19.1. The molecule has 0 radical (unpaired) electrons. The third-order valence-electron chi connectivity index (χ3n) is 10.4. The Labute approximate surface area is 276 Å². The number of fused-ring (bicyclic) bond motifs is 3. The fourth-order valence-corrected chi connectivity index (χ4v) is 8.47. The van der Waals surface area contributed by atoms with Crippen LogP contribution in [0.25, 0.3) is 28.0 Å². The van der Waals surface area contributed by atoms with Gasteiger partial charge in [0, 0.05) is 36.8 Å². The monoisotopic (exact) mass is 639 g/mol. The van der Waals surface area contributed by atoms with Crippen molar-refractivity contribution in [2.75, 3.05) is 37.7 Å². The number of hydrogen-bond donors (Lipinski definition) is 2. The SMILES string of the molecule is C/C=C1\C(=NC(C)C)C(c2cc(O)cc3ccc(F)c(CC)c23)=Cc2nc(OCC34CCCN3CC(C)C4)nc(N3CCC(O)C3)c21. The Balaban J connectivity index is 1.44. The summed E-state index contributed by atoms with van der Waals surface area (Å²) < 4.78 is 21.9. The lowest BCUT2D eigenvalue weighted by molar-refractivity contribution is 0.107. The molecule has 248 valence electrons. The Kier molecular flexibility index (Phi) is 8.33. The Bertz CT molecular complexity index is 1820. The highest BCUT2D eigenvalue weighted by Crippen LogP contribution is 2.45. The number of nitrogens with zero attached hydrogens (tertiary/aromatic N) is 5. The molecule has 7 rings (SSSR count). The number of aliphatic imine (C=N–C) groups is 1. The molecule has 3 aliphatic heterocycles. The number of aliphatic hydroxyl groups is 1. The van der Waals surface area contributed by atoms with Crippen molar-refractivity contribution in [2.45, 2.75) is 84.4 Å². The highest BCUT2D eigenvalue weighted by molar-refractivity contribution is 6.50. The van der Waals surface area contributed by atoms with Gasteiger partial charge in [0.2, 0.25) is 0 Å². The number of aromatic nitrogens is 2. The van der Waals surface area contributed by atoms with Crippen LogP contribution in [0.5, 0.6) is 11.8 Å². The molecule has 3 unspecified atom stereocenters. The van der Waals surface area contributed by atoms with Crippen molar-refractivity contribution in [3.05, 3.63) is 58.5 Å². The summed E-state index contributed by atoms with van der Waals surface area (Å²) in [4.78, 5) is 20.0. The number of β-amino-alcohol motifs (C(OH)–C–C–N with tert-alkyl or cyclic N) is 1. The summed E-state index contributed by atoms with van der Waals surface area (Å²) in [7, 11) is 0. The zero-order valence-electron chi connectivity index (χ0n) is 28.2. The number of aryl methyl sites for hydroxylation is 1. The first-order chi connectivity index (χ1) is 22.6. The Morgan fingerprint density at radius 2 is 2.02 bits per heavy atom. The van der Waals surface area contributed by atoms with Crippen molar-refractivity contribution in [2.24, 2.45) is 10.9 Å². The molecule has 1 aromatic heterocycles. The number of aromatic hydroxyl groups is 1. The molecule has 0 spiro atoms. The third-order valence-corrected chi connectivity index (χ3v) is 10.4. The van der Waals surface area contributed by atoms with E-state index in [1.54, 1.807) is 18.2 Å². The molecular formula is C38H46FN5O3. The van der Waals surface area contributed by atoms with Gasteiger partial charge in [-0.3, -0.25) is 9.89 Å². The predicted molar refractivity (Wildman–Crippen MR) is 187 cm³/mol. The quantitative estimate of drug-likeness (QED) is 0.298. The second-order valence-corrected chi connectivity index (χ2v) is 14.2. The number of phenolic OH excluding ortho intramolecular Hbond substituents is 1. The van der Waals surface area contributed by atoms with Crippen LogP contribution in [0.2, 0.25) is 0 Å². The molecular weight excluding hydrogens is 593 g/mol. The van der Waals surface area contributed by atoms with Gasteiger partial charge in [0.15, 0.2) is 0 Å². The molecule has 4 heterocycles. The van der Waals surface area contributed by atoms with E-state index in [4.69, 9.17) is 19.7 Å². The maximum atomic E-state index is 15.3. The topological polar surface area (TPSA) is 94.3 Å². The van der Waals surface area contributed by atoms with Crippen LogP contribution in [0.3, 0.4) is 0 Å². The molecule has 3 aromatic rings.